The Balaban J connectivity index is 1.81. The van der Waals surface area contributed by atoms with Crippen molar-refractivity contribution in [2.75, 3.05) is 20.3 Å². The number of esters is 1. The number of likely N-dealkylation sites (tertiary alicyclic amines) is 1. The highest BCUT2D eigenvalue weighted by Crippen LogP contribution is 2.29. The van der Waals surface area contributed by atoms with Gasteiger partial charge in [-0.1, -0.05) is 6.92 Å². The minimum Gasteiger partial charge on any atom is -0.469 e. The van der Waals surface area contributed by atoms with Gasteiger partial charge in [0.2, 0.25) is 0 Å². The van der Waals surface area contributed by atoms with E-state index in [1.165, 1.54) is 7.11 Å². The van der Waals surface area contributed by atoms with E-state index in [1.54, 1.807) is 0 Å². The molecule has 1 heterocycles. The normalized spacial score (nSPS) is 30.2. The SMILES string of the molecule is COC(=O)[C@H]1CC[C@H](OC[C@@H]2C[C@H](C)CN2C(=O)OC(C)(C)C)CC1. The number of carbonyl (C=O) groups excluding carboxylic acids is 2. The van der Waals surface area contributed by atoms with Crippen LogP contribution in [0.3, 0.4) is 0 Å². The van der Waals surface area contributed by atoms with Crippen LogP contribution in [0.2, 0.25) is 0 Å². The van der Waals surface area contributed by atoms with Gasteiger partial charge in [0, 0.05) is 6.54 Å². The molecular weight excluding hydrogens is 322 g/mol. The van der Waals surface area contributed by atoms with Crippen molar-refractivity contribution in [2.45, 2.75) is 77.5 Å². The number of nitrogens with zero attached hydrogens (tertiary/aromatic N) is 1. The zero-order valence-corrected chi connectivity index (χ0v) is 16.2. The van der Waals surface area contributed by atoms with Gasteiger partial charge in [0.15, 0.2) is 0 Å². The van der Waals surface area contributed by atoms with Gasteiger partial charge >= 0.3 is 12.1 Å². The molecule has 2 rings (SSSR count). The Labute approximate surface area is 151 Å². The fraction of sp³-hybridized carbons (Fsp3) is 0.895. The first-order chi connectivity index (χ1) is 11.7. The van der Waals surface area contributed by atoms with Crippen molar-refractivity contribution in [3.05, 3.63) is 0 Å². The molecule has 6 nitrogen and oxygen atoms in total. The molecule has 2 atom stereocenters. The van der Waals surface area contributed by atoms with E-state index in [0.717, 1.165) is 38.6 Å². The summed E-state index contributed by atoms with van der Waals surface area (Å²) >= 11 is 0. The molecule has 0 aromatic rings. The molecule has 0 aromatic carbocycles. The second kappa shape index (κ2) is 8.39. The molecule has 1 saturated heterocycles. The Morgan fingerprint density at radius 2 is 1.76 bits per heavy atom. The van der Waals surface area contributed by atoms with Gasteiger partial charge < -0.3 is 19.1 Å². The van der Waals surface area contributed by atoms with E-state index >= 15 is 0 Å². The predicted octanol–water partition coefficient (Wildman–Crippen LogP) is 3.38. The first-order valence-corrected chi connectivity index (χ1v) is 9.38. The molecule has 2 aliphatic rings. The molecule has 144 valence electrons. The van der Waals surface area contributed by atoms with Crippen molar-refractivity contribution in [3.8, 4) is 0 Å². The van der Waals surface area contributed by atoms with Gasteiger partial charge in [-0.2, -0.15) is 0 Å². The molecule has 0 N–H and O–H groups in total. The number of amides is 1. The van der Waals surface area contributed by atoms with Crippen LogP contribution in [0.4, 0.5) is 4.79 Å². The van der Waals surface area contributed by atoms with Crippen molar-refractivity contribution in [1.82, 2.24) is 4.90 Å². The molecule has 0 bridgehead atoms. The lowest BCUT2D eigenvalue weighted by molar-refractivity contribution is -0.147. The van der Waals surface area contributed by atoms with Crippen LogP contribution in [0.25, 0.3) is 0 Å². The number of ether oxygens (including phenoxy) is 3. The number of methoxy groups -OCH3 is 1. The molecule has 6 heteroatoms. The summed E-state index contributed by atoms with van der Waals surface area (Å²) < 4.78 is 16.4. The maximum Gasteiger partial charge on any atom is 0.410 e. The number of rotatable bonds is 4. The fourth-order valence-corrected chi connectivity index (χ4v) is 3.73. The van der Waals surface area contributed by atoms with Gasteiger partial charge in [-0.25, -0.2) is 4.79 Å². The second-order valence-corrected chi connectivity index (χ2v) is 8.46. The Morgan fingerprint density at radius 3 is 2.32 bits per heavy atom. The average molecular weight is 355 g/mol. The summed E-state index contributed by atoms with van der Waals surface area (Å²) in [5.41, 5.74) is -0.486. The second-order valence-electron chi connectivity index (χ2n) is 8.46. The minimum absolute atomic E-state index is 0.00890. The standard InChI is InChI=1S/C19H33NO5/c1-13-10-15(20(11-13)18(22)25-19(2,3)4)12-24-16-8-6-14(7-9-16)17(21)23-5/h13-16H,6-12H2,1-5H3/t13-,14-,15-,16-/m0/s1. The fourth-order valence-electron chi connectivity index (χ4n) is 3.73. The van der Waals surface area contributed by atoms with Crippen molar-refractivity contribution in [3.63, 3.8) is 0 Å². The Hall–Kier alpha value is -1.30. The molecule has 25 heavy (non-hydrogen) atoms. The van der Waals surface area contributed by atoms with E-state index in [4.69, 9.17) is 14.2 Å². The molecule has 1 saturated carbocycles. The van der Waals surface area contributed by atoms with Crippen LogP contribution in [-0.4, -0.2) is 55.0 Å². The highest BCUT2D eigenvalue weighted by atomic mass is 16.6. The van der Waals surface area contributed by atoms with Gasteiger partial charge in [0.25, 0.3) is 0 Å². The van der Waals surface area contributed by atoms with Crippen molar-refractivity contribution < 1.29 is 23.8 Å². The zero-order valence-electron chi connectivity index (χ0n) is 16.2. The summed E-state index contributed by atoms with van der Waals surface area (Å²) in [6.45, 7) is 9.06. The lowest BCUT2D eigenvalue weighted by Crippen LogP contribution is -2.42. The summed E-state index contributed by atoms with van der Waals surface area (Å²) in [7, 11) is 1.44. The molecule has 1 amide bonds. The smallest absolute Gasteiger partial charge is 0.410 e. The topological polar surface area (TPSA) is 65.1 Å². The van der Waals surface area contributed by atoms with E-state index in [2.05, 4.69) is 6.92 Å². The summed E-state index contributed by atoms with van der Waals surface area (Å²) in [6.07, 6.45) is 4.22. The van der Waals surface area contributed by atoms with Crippen LogP contribution < -0.4 is 0 Å². The summed E-state index contributed by atoms with van der Waals surface area (Å²) in [5.74, 6) is 0.352. The molecule has 2 fully saturated rings. The van der Waals surface area contributed by atoms with Gasteiger partial charge in [0.05, 0.1) is 31.8 Å². The predicted molar refractivity (Wildman–Crippen MR) is 94.2 cm³/mol. The summed E-state index contributed by atoms with van der Waals surface area (Å²) in [4.78, 5) is 25.8. The molecule has 0 spiro atoms. The highest BCUT2D eigenvalue weighted by molar-refractivity contribution is 5.72. The Kier molecular flexibility index (Phi) is 6.72. The Bertz CT molecular complexity index is 465. The van der Waals surface area contributed by atoms with E-state index in [1.807, 2.05) is 25.7 Å². The zero-order chi connectivity index (χ0) is 18.6. The largest absolute Gasteiger partial charge is 0.469 e. The molecule has 0 unspecified atom stereocenters. The highest BCUT2D eigenvalue weighted by Gasteiger charge is 2.36. The third kappa shape index (κ3) is 5.87. The number of hydrogen-bond donors (Lipinski definition) is 0. The van der Waals surface area contributed by atoms with Crippen LogP contribution in [0, 0.1) is 11.8 Å². The average Bonchev–Trinajstić information content (AvgIpc) is 2.92. The van der Waals surface area contributed by atoms with E-state index in [0.29, 0.717) is 12.5 Å². The molecule has 0 aromatic heterocycles. The van der Waals surface area contributed by atoms with E-state index in [9.17, 15) is 9.59 Å². The minimum atomic E-state index is -0.486. The van der Waals surface area contributed by atoms with Crippen molar-refractivity contribution >= 4 is 12.1 Å². The van der Waals surface area contributed by atoms with Gasteiger partial charge in [-0.15, -0.1) is 0 Å². The monoisotopic (exact) mass is 355 g/mol. The maximum absolute atomic E-state index is 12.4. The van der Waals surface area contributed by atoms with Crippen LogP contribution in [-0.2, 0) is 19.0 Å². The van der Waals surface area contributed by atoms with Crippen molar-refractivity contribution in [1.29, 1.82) is 0 Å². The van der Waals surface area contributed by atoms with Crippen LogP contribution >= 0.6 is 0 Å². The lowest BCUT2D eigenvalue weighted by Gasteiger charge is -2.31. The van der Waals surface area contributed by atoms with Crippen LogP contribution in [0.15, 0.2) is 0 Å². The van der Waals surface area contributed by atoms with Crippen LogP contribution in [0.5, 0.6) is 0 Å². The lowest BCUT2D eigenvalue weighted by atomic mass is 9.87. The molecule has 1 aliphatic heterocycles. The third-order valence-electron chi connectivity index (χ3n) is 4.98. The van der Waals surface area contributed by atoms with E-state index < -0.39 is 5.60 Å². The molecule has 0 radical (unpaired) electrons. The Morgan fingerprint density at radius 1 is 1.12 bits per heavy atom. The van der Waals surface area contributed by atoms with Crippen LogP contribution in [0.1, 0.15) is 59.8 Å². The van der Waals surface area contributed by atoms with Gasteiger partial charge in [0.1, 0.15) is 5.60 Å². The maximum atomic E-state index is 12.4. The number of carbonyl (C=O) groups is 2. The summed E-state index contributed by atoms with van der Waals surface area (Å²) in [6, 6.07) is 0.0724. The molecular formula is C19H33NO5. The van der Waals surface area contributed by atoms with Gasteiger partial charge in [-0.05, 0) is 58.8 Å². The first-order valence-electron chi connectivity index (χ1n) is 9.38. The number of hydrogen-bond acceptors (Lipinski definition) is 5. The van der Waals surface area contributed by atoms with E-state index in [-0.39, 0.29) is 30.1 Å². The third-order valence-corrected chi connectivity index (χ3v) is 4.98. The van der Waals surface area contributed by atoms with Crippen molar-refractivity contribution in [2.24, 2.45) is 11.8 Å². The van der Waals surface area contributed by atoms with Gasteiger partial charge in [-0.3, -0.25) is 4.79 Å². The summed E-state index contributed by atoms with van der Waals surface area (Å²) in [5, 5.41) is 0. The first kappa shape index (κ1) is 20.0. The molecule has 1 aliphatic carbocycles. The quantitative estimate of drug-likeness (QED) is 0.723.